The molecule has 0 amide bonds. The first kappa shape index (κ1) is 94.4. The van der Waals surface area contributed by atoms with Crippen LogP contribution in [0, 0.1) is 107 Å². The van der Waals surface area contributed by atoms with Crippen LogP contribution in [0.25, 0.3) is 45.0 Å². The Kier molecular flexibility index (Phi) is 36.5. The van der Waals surface area contributed by atoms with Gasteiger partial charge in [-0.3, -0.25) is 19.9 Å². The fraction of sp³-hybridized carbons (Fsp3) is 0.329. The zero-order chi connectivity index (χ0) is 80.9. The minimum Gasteiger partial charge on any atom is -0.423 e. The van der Waals surface area contributed by atoms with Crippen molar-refractivity contribution in [2.75, 3.05) is 0 Å². The molecule has 0 saturated carbocycles. The van der Waals surface area contributed by atoms with E-state index in [4.69, 9.17) is 40.0 Å². The summed E-state index contributed by atoms with van der Waals surface area (Å²) in [5, 5.41) is 16.9. The summed E-state index contributed by atoms with van der Waals surface area (Å²) in [6.07, 6.45) is 4.65. The van der Waals surface area contributed by atoms with Crippen molar-refractivity contribution < 1.29 is 75.0 Å². The van der Waals surface area contributed by atoms with E-state index in [0.717, 1.165) is 69.8 Å². The molecule has 11 aromatic heterocycles. The molecule has 0 aliphatic carbocycles. The molecule has 0 bridgehead atoms. The summed E-state index contributed by atoms with van der Waals surface area (Å²) >= 11 is 7.07. The topological polar surface area (TPSA) is 182 Å². The van der Waals surface area contributed by atoms with Crippen molar-refractivity contribution in [3.8, 4) is 45.0 Å². The maximum atomic E-state index is 14.5. The van der Waals surface area contributed by atoms with Crippen molar-refractivity contribution in [3.05, 3.63) is 273 Å². The van der Waals surface area contributed by atoms with E-state index >= 15 is 0 Å². The predicted molar refractivity (Wildman–Crippen MR) is 421 cm³/mol. The summed E-state index contributed by atoms with van der Waals surface area (Å²) in [4.78, 5) is 44.8. The van der Waals surface area contributed by atoms with Gasteiger partial charge in [0, 0.05) is 40.7 Å². The summed E-state index contributed by atoms with van der Waals surface area (Å²) in [6, 6.07) is 47.1. The van der Waals surface area contributed by atoms with Crippen molar-refractivity contribution in [1.82, 2.24) is 54.8 Å². The Hall–Kier alpha value is -8.22. The number of pyridine rings is 11. The molecule has 0 aliphatic rings. The van der Waals surface area contributed by atoms with Crippen molar-refractivity contribution in [3.63, 3.8) is 0 Å². The van der Waals surface area contributed by atoms with Crippen LogP contribution in [0.2, 0.25) is 0 Å². The summed E-state index contributed by atoms with van der Waals surface area (Å²) in [7, 11) is 6.04. The van der Waals surface area contributed by atoms with E-state index in [1.807, 2.05) is 36.4 Å². The molecule has 11 aromatic rings. The van der Waals surface area contributed by atoms with Gasteiger partial charge in [-0.25, -0.2) is 27.5 Å². The minimum absolute atomic E-state index is 0. The van der Waals surface area contributed by atoms with Gasteiger partial charge in [0.1, 0.15) is 33.0 Å². The summed E-state index contributed by atoms with van der Waals surface area (Å²) in [6.45, 7) is 25.8. The average Bonchev–Trinajstić information content (AvgIpc) is 0.769. The number of nitrogens with zero attached hydrogens (tertiary/aromatic N) is 11. The molecule has 0 aromatic carbocycles. The van der Waals surface area contributed by atoms with E-state index in [2.05, 4.69) is 192 Å². The SMILES string of the molecule is CC(C)CC(CC(C)C)(c1cccc(-c2[c-]cc(F)nc2F)n1)c1cccc(-c2[c-]cc(F)nc2F)n1.CC(C)CC(CC(C)C)(c1cccc(-c2ccc(F)nc2F)n1)c1cccc(-c2ccc(F)nc2F)n1.CC(C)CC(CC(C)C)(c1cccc(Br)n1)c1cccc(Br)n1.OB(O)c1ccc(F)nc1F.[B].[B][B].[Pt+2]. The van der Waals surface area contributed by atoms with Crippen molar-refractivity contribution in [2.45, 2.75) is 138 Å². The van der Waals surface area contributed by atoms with Gasteiger partial charge in [-0.15, -0.1) is 12.1 Å². The summed E-state index contributed by atoms with van der Waals surface area (Å²) in [5.41, 5.74) is 4.02. The van der Waals surface area contributed by atoms with E-state index in [1.54, 1.807) is 48.5 Å². The quantitative estimate of drug-likeness (QED) is 0.0267. The molecule has 0 saturated heterocycles. The Balaban J connectivity index is 0.000000281. The van der Waals surface area contributed by atoms with E-state index in [9.17, 15) is 43.9 Å². The van der Waals surface area contributed by atoms with Gasteiger partial charge in [0.05, 0.1) is 61.5 Å². The van der Waals surface area contributed by atoms with Gasteiger partial charge in [0.15, 0.2) is 0 Å². The summed E-state index contributed by atoms with van der Waals surface area (Å²) < 4.78 is 138. The molecule has 30 heteroatoms. The molecule has 0 aliphatic heterocycles. The van der Waals surface area contributed by atoms with Gasteiger partial charge in [0.2, 0.25) is 35.7 Å². The third-order valence-corrected chi connectivity index (χ3v) is 18.1. The number of hydrogen-bond acceptors (Lipinski definition) is 13. The van der Waals surface area contributed by atoms with Crippen LogP contribution >= 0.6 is 31.9 Å². The molecule has 13 nitrogen and oxygen atoms in total. The number of rotatable bonds is 23. The zero-order valence-electron chi connectivity index (χ0n) is 63.7. The second-order valence-electron chi connectivity index (χ2n) is 28.8. The van der Waals surface area contributed by atoms with Crippen LogP contribution in [0.4, 0.5) is 43.9 Å². The zero-order valence-corrected chi connectivity index (χ0v) is 69.1. The second-order valence-corrected chi connectivity index (χ2v) is 30.4. The van der Waals surface area contributed by atoms with Crippen LogP contribution in [0.1, 0.15) is 156 Å². The Bertz CT molecular complexity index is 4390. The van der Waals surface area contributed by atoms with Gasteiger partial charge in [-0.05, 0) is 208 Å². The van der Waals surface area contributed by atoms with Gasteiger partial charge in [0.25, 0.3) is 0 Å². The average molecular weight is 1840 g/mol. The van der Waals surface area contributed by atoms with Crippen LogP contribution in [-0.4, -0.2) is 95.9 Å². The monoisotopic (exact) mass is 1840 g/mol. The van der Waals surface area contributed by atoms with E-state index < -0.39 is 82.9 Å². The number of halogens is 12. The Labute approximate surface area is 684 Å². The molecule has 0 fully saturated rings. The normalized spacial score (nSPS) is 11.4. The van der Waals surface area contributed by atoms with Gasteiger partial charge in [-0.2, -0.15) is 41.3 Å². The molecule has 0 unspecified atom stereocenters. The van der Waals surface area contributed by atoms with Crippen LogP contribution in [-0.2, 0) is 37.3 Å². The fourth-order valence-corrected chi connectivity index (χ4v) is 14.4. The minimum atomic E-state index is -1.96. The van der Waals surface area contributed by atoms with Gasteiger partial charge < -0.3 is 20.0 Å². The third kappa shape index (κ3) is 25.1. The smallest absolute Gasteiger partial charge is 0.423 e. The van der Waals surface area contributed by atoms with Crippen molar-refractivity contribution in [1.29, 1.82) is 0 Å². The Morgan fingerprint density at radius 3 is 0.839 bits per heavy atom. The van der Waals surface area contributed by atoms with Gasteiger partial charge >= 0.3 is 28.2 Å². The molecule has 0 spiro atoms. The van der Waals surface area contributed by atoms with Crippen molar-refractivity contribution >= 4 is 68.3 Å². The van der Waals surface area contributed by atoms with Crippen LogP contribution in [0.15, 0.2) is 167 Å². The molecular weight excluding hydrogens is 1760 g/mol. The van der Waals surface area contributed by atoms with Crippen LogP contribution < -0.4 is 5.46 Å². The molecule has 112 heavy (non-hydrogen) atoms. The van der Waals surface area contributed by atoms with E-state index in [0.29, 0.717) is 71.7 Å². The predicted octanol–water partition coefficient (Wildman–Crippen LogP) is 18.9. The molecular formula is C82H82B4Br2F10N11O2Pt. The Morgan fingerprint density at radius 1 is 0.330 bits per heavy atom. The first-order valence-electron chi connectivity index (χ1n) is 35.4. The largest absolute Gasteiger partial charge is 2.00 e. The molecule has 11 heterocycles. The molecule has 2 N–H and O–H groups in total. The van der Waals surface area contributed by atoms with Crippen molar-refractivity contribution in [2.24, 2.45) is 35.5 Å². The molecule has 7 radical (unpaired) electrons. The van der Waals surface area contributed by atoms with E-state index in [-0.39, 0.29) is 92.2 Å². The molecule has 11 rings (SSSR count). The number of aromatic nitrogens is 11. The molecule has 0 atom stereocenters. The standard InChI is InChI=1S/C29H28F4N4.C29H26F4N4.C19H24Br2N2.C5H4BF2NO2.B2.B.Pt/c2*1-17(2)15-29(16-18(3)4,23-9-5-7-21(34-23)19-11-13-25(30)36-27(19)32)24-10-6-8-22(35-24)20-12-14-26(31)37-28(20)33;1-13(2)11-19(12-14(3)4,15-7-5-9-17(20)22-15)16-8-6-10-18(21)23-16;7-4-2-1-3(6(10)11)5(8)9-4;1-2;;/h5-14,17-18H,15-16H2,1-4H3;5-10,13-14,17-18H,15-16H2,1-4H3;5-10,13-14H,11-12H2,1-4H3;1-2,10-11H;;;/q;-2;;;;;+2. The number of hydrogen-bond donors (Lipinski definition) is 2. The summed E-state index contributed by atoms with van der Waals surface area (Å²) in [5.74, 6) is -7.87. The second kappa shape index (κ2) is 43.3. The van der Waals surface area contributed by atoms with Crippen LogP contribution in [0.3, 0.4) is 0 Å². The maximum Gasteiger partial charge on any atom is 2.00 e. The fourth-order valence-electron chi connectivity index (χ4n) is 13.7. The van der Waals surface area contributed by atoms with Crippen LogP contribution in [0.5, 0.6) is 0 Å². The first-order valence-corrected chi connectivity index (χ1v) is 37.0. The molecule has 583 valence electrons. The maximum absolute atomic E-state index is 14.5. The Morgan fingerprint density at radius 2 is 0.580 bits per heavy atom. The van der Waals surface area contributed by atoms with Gasteiger partial charge in [-0.1, -0.05) is 161 Å². The third-order valence-electron chi connectivity index (χ3n) is 17.2. The van der Waals surface area contributed by atoms with E-state index in [1.165, 1.54) is 12.1 Å². The first-order chi connectivity index (χ1) is 52.1.